The summed E-state index contributed by atoms with van der Waals surface area (Å²) in [5.41, 5.74) is 0.831. The van der Waals surface area contributed by atoms with Gasteiger partial charge in [0.05, 0.1) is 6.61 Å². The van der Waals surface area contributed by atoms with Crippen LogP contribution in [0, 0.1) is 5.41 Å². The highest BCUT2D eigenvalue weighted by molar-refractivity contribution is 8.13. The average Bonchev–Trinajstić information content (AvgIpc) is 3.33. The third kappa shape index (κ3) is 12.4. The lowest BCUT2D eigenvalue weighted by molar-refractivity contribution is -0.153. The van der Waals surface area contributed by atoms with Crippen LogP contribution >= 0.6 is 11.8 Å². The number of aromatic nitrogens is 1. The monoisotopic (exact) mass is 607 g/mol. The van der Waals surface area contributed by atoms with E-state index in [0.717, 1.165) is 28.2 Å². The molecule has 1 atom stereocenters. The lowest BCUT2D eigenvalue weighted by Crippen LogP contribution is -2.47. The molecule has 0 saturated carbocycles. The molecular formula is C28H41N5O8S. The fourth-order valence-electron chi connectivity index (χ4n) is 3.81. The molecule has 0 radical (unpaired) electrons. The minimum Gasteiger partial charge on any atom is -0.508 e. The predicted octanol–water partition coefficient (Wildman–Crippen LogP) is 1.33. The van der Waals surface area contributed by atoms with Crippen LogP contribution in [0.2, 0.25) is 0 Å². The Labute approximate surface area is 248 Å². The molecule has 1 aromatic heterocycles. The maximum absolute atomic E-state index is 12.3. The van der Waals surface area contributed by atoms with Crippen molar-refractivity contribution in [3.8, 4) is 5.75 Å². The number of esters is 1. The summed E-state index contributed by atoms with van der Waals surface area (Å²) in [5.74, 6) is -1.15. The van der Waals surface area contributed by atoms with Crippen molar-refractivity contribution in [2.24, 2.45) is 5.41 Å². The molecule has 0 bridgehead atoms. The maximum Gasteiger partial charge on any atom is 0.305 e. The van der Waals surface area contributed by atoms with Crippen molar-refractivity contribution in [1.82, 2.24) is 26.3 Å². The number of fused-ring (bicyclic) bond motifs is 1. The molecule has 0 spiro atoms. The van der Waals surface area contributed by atoms with Gasteiger partial charge in [-0.3, -0.25) is 24.0 Å². The molecule has 232 valence electrons. The van der Waals surface area contributed by atoms with E-state index in [1.807, 2.05) is 6.20 Å². The van der Waals surface area contributed by atoms with Crippen LogP contribution in [0.3, 0.4) is 0 Å². The molecular weight excluding hydrogens is 566 g/mol. The van der Waals surface area contributed by atoms with Crippen molar-refractivity contribution in [2.75, 3.05) is 38.5 Å². The van der Waals surface area contributed by atoms with Gasteiger partial charge in [0.2, 0.25) is 17.7 Å². The molecule has 2 rings (SSSR count). The first kappa shape index (κ1) is 34.4. The smallest absolute Gasteiger partial charge is 0.305 e. The zero-order valence-electron chi connectivity index (χ0n) is 24.2. The normalized spacial score (nSPS) is 11.9. The van der Waals surface area contributed by atoms with Gasteiger partial charge in [-0.1, -0.05) is 25.6 Å². The molecule has 13 nitrogen and oxygen atoms in total. The maximum atomic E-state index is 12.3. The van der Waals surface area contributed by atoms with Crippen molar-refractivity contribution in [2.45, 2.75) is 52.6 Å². The number of amides is 4. The lowest BCUT2D eigenvalue weighted by atomic mass is 9.87. The van der Waals surface area contributed by atoms with E-state index in [1.54, 1.807) is 32.0 Å². The first-order chi connectivity index (χ1) is 19.9. The summed E-state index contributed by atoms with van der Waals surface area (Å²) in [6.45, 7) is 5.39. The molecule has 0 aliphatic rings. The fraction of sp³-hybridized carbons (Fsp3) is 0.536. The molecule has 42 heavy (non-hydrogen) atoms. The van der Waals surface area contributed by atoms with Crippen LogP contribution in [0.15, 0.2) is 24.4 Å². The van der Waals surface area contributed by atoms with Gasteiger partial charge in [0.25, 0.3) is 5.24 Å². The molecule has 0 saturated heterocycles. The molecule has 4 amide bonds. The van der Waals surface area contributed by atoms with E-state index in [1.165, 1.54) is 6.92 Å². The van der Waals surface area contributed by atoms with Gasteiger partial charge in [0.1, 0.15) is 11.9 Å². The number of carbonyl (C=O) groups excluding carboxylic acids is 5. The third-order valence-corrected chi connectivity index (χ3v) is 7.06. The second-order valence-corrected chi connectivity index (χ2v) is 11.5. The molecule has 1 heterocycles. The van der Waals surface area contributed by atoms with E-state index < -0.39 is 23.4 Å². The number of aromatic hydroxyl groups is 1. The van der Waals surface area contributed by atoms with Crippen LogP contribution in [0.1, 0.15) is 45.6 Å². The Morgan fingerprint density at radius 2 is 1.76 bits per heavy atom. The van der Waals surface area contributed by atoms with Crippen molar-refractivity contribution in [1.29, 1.82) is 0 Å². The van der Waals surface area contributed by atoms with Crippen LogP contribution in [-0.4, -0.2) is 88.8 Å². The minimum atomic E-state index is -1.47. The Hall–Kier alpha value is -3.78. The number of aliphatic hydroxyl groups excluding tert-OH is 1. The van der Waals surface area contributed by atoms with Gasteiger partial charge in [0.15, 0.2) is 0 Å². The van der Waals surface area contributed by atoms with Gasteiger partial charge < -0.3 is 41.2 Å². The number of carbonyl (C=O) groups is 5. The number of H-pyrrole nitrogens is 1. The Bertz CT molecular complexity index is 1230. The highest BCUT2D eigenvalue weighted by atomic mass is 32.2. The van der Waals surface area contributed by atoms with E-state index in [2.05, 4.69) is 26.3 Å². The number of phenols is 1. The number of rotatable bonds is 17. The Morgan fingerprint density at radius 3 is 2.50 bits per heavy atom. The van der Waals surface area contributed by atoms with Gasteiger partial charge in [0, 0.05) is 74.2 Å². The molecule has 14 heteroatoms. The minimum absolute atomic E-state index is 0.0000164. The number of benzene rings is 1. The molecule has 0 fully saturated rings. The first-order valence-electron chi connectivity index (χ1n) is 13.7. The van der Waals surface area contributed by atoms with Crippen LogP contribution in [-0.2, 0) is 30.3 Å². The largest absolute Gasteiger partial charge is 0.508 e. The van der Waals surface area contributed by atoms with Gasteiger partial charge in [-0.05, 0) is 36.6 Å². The molecule has 0 aliphatic carbocycles. The molecule has 0 unspecified atom stereocenters. The number of thioether (sulfide) groups is 1. The van der Waals surface area contributed by atoms with Gasteiger partial charge in [-0.15, -0.1) is 0 Å². The van der Waals surface area contributed by atoms with Crippen LogP contribution in [0.5, 0.6) is 5.75 Å². The standard InChI is InChI=1S/C28H41N5O8S/c1-18(34)29-10-4-5-24(37)41-17-28(2,3)25(38)26(39)31-12-9-23(36)30-13-14-42-27(40)32-11-8-19-16-33-22-7-6-20(35)15-21(19)22/h6-7,15-16,25,33,35,38H,4-5,8-14,17H2,1-3H3,(H,29,34)(H,30,36)(H,31,39)(H,32,40)/t25-/m0/s1. The van der Waals surface area contributed by atoms with Crippen LogP contribution in [0.4, 0.5) is 4.79 Å². The summed E-state index contributed by atoms with van der Waals surface area (Å²) in [6, 6.07) is 5.07. The Kier molecular flexibility index (Phi) is 14.1. The van der Waals surface area contributed by atoms with E-state index in [4.69, 9.17) is 4.74 Å². The van der Waals surface area contributed by atoms with Gasteiger partial charge in [-0.25, -0.2) is 0 Å². The van der Waals surface area contributed by atoms with E-state index in [9.17, 15) is 34.2 Å². The summed E-state index contributed by atoms with van der Waals surface area (Å²) >= 11 is 1.04. The van der Waals surface area contributed by atoms with Crippen molar-refractivity contribution >= 4 is 51.6 Å². The molecule has 1 aromatic carbocycles. The highest BCUT2D eigenvalue weighted by Crippen LogP contribution is 2.23. The van der Waals surface area contributed by atoms with Crippen molar-refractivity contribution in [3.05, 3.63) is 30.0 Å². The second kappa shape index (κ2) is 17.2. The summed E-state index contributed by atoms with van der Waals surface area (Å²) in [4.78, 5) is 62.3. The number of ether oxygens (including phenoxy) is 1. The number of hydrogen-bond donors (Lipinski definition) is 7. The molecule has 2 aromatic rings. The molecule has 7 N–H and O–H groups in total. The third-order valence-electron chi connectivity index (χ3n) is 6.25. The second-order valence-electron chi connectivity index (χ2n) is 10.4. The quantitative estimate of drug-likeness (QED) is 0.102. The van der Waals surface area contributed by atoms with Gasteiger partial charge in [-0.2, -0.15) is 0 Å². The zero-order valence-corrected chi connectivity index (χ0v) is 25.0. The number of aromatic amines is 1. The predicted molar refractivity (Wildman–Crippen MR) is 159 cm³/mol. The Morgan fingerprint density at radius 1 is 1.00 bits per heavy atom. The number of hydrogen-bond acceptors (Lipinski definition) is 9. The summed E-state index contributed by atoms with van der Waals surface area (Å²) in [5, 5.41) is 31.3. The van der Waals surface area contributed by atoms with Crippen molar-refractivity contribution in [3.63, 3.8) is 0 Å². The lowest BCUT2D eigenvalue weighted by Gasteiger charge is -2.29. The Balaban J connectivity index is 1.54. The first-order valence-corrected chi connectivity index (χ1v) is 14.7. The van der Waals surface area contributed by atoms with Crippen molar-refractivity contribution < 1.29 is 38.9 Å². The van der Waals surface area contributed by atoms with Gasteiger partial charge >= 0.3 is 5.97 Å². The van der Waals surface area contributed by atoms with E-state index in [0.29, 0.717) is 31.7 Å². The van der Waals surface area contributed by atoms with Crippen LogP contribution in [0.25, 0.3) is 10.9 Å². The van der Waals surface area contributed by atoms with Crippen LogP contribution < -0.4 is 21.3 Å². The number of aliphatic hydroxyl groups is 1. The number of phenolic OH excluding ortho intramolecular Hbond substituents is 1. The van der Waals surface area contributed by atoms with E-state index >= 15 is 0 Å². The highest BCUT2D eigenvalue weighted by Gasteiger charge is 2.35. The average molecular weight is 608 g/mol. The summed E-state index contributed by atoms with van der Waals surface area (Å²) < 4.78 is 5.16. The summed E-state index contributed by atoms with van der Waals surface area (Å²) in [7, 11) is 0. The summed E-state index contributed by atoms with van der Waals surface area (Å²) in [6.07, 6.45) is 1.47. The number of nitrogens with one attached hydrogen (secondary N) is 5. The molecule has 0 aliphatic heterocycles. The van der Waals surface area contributed by atoms with E-state index in [-0.39, 0.29) is 55.3 Å². The zero-order chi connectivity index (χ0) is 31.1. The fourth-order valence-corrected chi connectivity index (χ4v) is 4.41. The topological polar surface area (TPSA) is 199 Å². The SMILES string of the molecule is CC(=O)NCCCC(=O)OCC(C)(C)[C@@H](O)C(=O)NCCC(=O)NCCSC(=O)NCCc1c[nH]c2ccc(O)cc12.